The van der Waals surface area contributed by atoms with Crippen LogP contribution in [0.5, 0.6) is 0 Å². The van der Waals surface area contributed by atoms with E-state index in [0.717, 1.165) is 42.4 Å². The van der Waals surface area contributed by atoms with Crippen LogP contribution >= 0.6 is 0 Å². The SMILES string of the molecule is Cc1ccc2c(c1)c(Cn1ccnc1-c1cc3n(n1)CCNC3)nn2C. The number of fused-ring (bicyclic) bond motifs is 2. The monoisotopic (exact) mass is 347 g/mol. The van der Waals surface area contributed by atoms with Crippen LogP contribution in [0.3, 0.4) is 0 Å². The Morgan fingerprint density at radius 3 is 3.00 bits per heavy atom. The van der Waals surface area contributed by atoms with Crippen LogP contribution in [0.4, 0.5) is 0 Å². The maximum Gasteiger partial charge on any atom is 0.160 e. The Morgan fingerprint density at radius 1 is 1.19 bits per heavy atom. The predicted octanol–water partition coefficient (Wildman–Crippen LogP) is 2.09. The van der Waals surface area contributed by atoms with Crippen LogP contribution in [0.25, 0.3) is 22.4 Å². The number of rotatable bonds is 3. The summed E-state index contributed by atoms with van der Waals surface area (Å²) in [6.45, 7) is 5.51. The molecule has 0 atom stereocenters. The van der Waals surface area contributed by atoms with Gasteiger partial charge in [-0.05, 0) is 25.1 Å². The molecule has 0 aliphatic carbocycles. The lowest BCUT2D eigenvalue weighted by Crippen LogP contribution is -2.28. The molecule has 0 radical (unpaired) electrons. The van der Waals surface area contributed by atoms with Gasteiger partial charge in [-0.25, -0.2) is 4.98 Å². The fourth-order valence-corrected chi connectivity index (χ4v) is 3.70. The topological polar surface area (TPSA) is 65.5 Å². The second-order valence-electron chi connectivity index (χ2n) is 6.89. The number of imidazole rings is 1. The van der Waals surface area contributed by atoms with E-state index in [9.17, 15) is 0 Å². The molecule has 1 aliphatic rings. The summed E-state index contributed by atoms with van der Waals surface area (Å²) in [4.78, 5) is 4.56. The highest BCUT2D eigenvalue weighted by Crippen LogP contribution is 2.23. The summed E-state index contributed by atoms with van der Waals surface area (Å²) in [6.07, 6.45) is 3.84. The minimum absolute atomic E-state index is 0.677. The second kappa shape index (κ2) is 5.81. The maximum atomic E-state index is 4.74. The minimum Gasteiger partial charge on any atom is -0.324 e. The van der Waals surface area contributed by atoms with E-state index >= 15 is 0 Å². The third kappa shape index (κ3) is 2.43. The van der Waals surface area contributed by atoms with Gasteiger partial charge >= 0.3 is 0 Å². The smallest absolute Gasteiger partial charge is 0.160 e. The van der Waals surface area contributed by atoms with Gasteiger partial charge in [0, 0.05) is 37.9 Å². The normalized spacial score (nSPS) is 14.1. The molecular formula is C19H21N7. The Hall–Kier alpha value is -2.93. The molecule has 0 bridgehead atoms. The molecule has 132 valence electrons. The van der Waals surface area contributed by atoms with Crippen LogP contribution in [0.15, 0.2) is 36.7 Å². The Kier molecular flexibility index (Phi) is 3.43. The van der Waals surface area contributed by atoms with Gasteiger partial charge < -0.3 is 9.88 Å². The lowest BCUT2D eigenvalue weighted by molar-refractivity contribution is 0.476. The van der Waals surface area contributed by atoms with Gasteiger partial charge in [0.1, 0.15) is 5.69 Å². The number of hydrogen-bond donors (Lipinski definition) is 1. The minimum atomic E-state index is 0.677. The first-order chi connectivity index (χ1) is 12.7. The van der Waals surface area contributed by atoms with Crippen LogP contribution in [-0.2, 0) is 26.7 Å². The van der Waals surface area contributed by atoms with Crippen molar-refractivity contribution < 1.29 is 0 Å². The van der Waals surface area contributed by atoms with Crippen molar-refractivity contribution in [1.82, 2.24) is 34.4 Å². The summed E-state index contributed by atoms with van der Waals surface area (Å²) in [5.74, 6) is 0.887. The summed E-state index contributed by atoms with van der Waals surface area (Å²) in [5, 5.41) is 14.1. The molecule has 1 aromatic carbocycles. The first kappa shape index (κ1) is 15.3. The van der Waals surface area contributed by atoms with Gasteiger partial charge in [0.25, 0.3) is 0 Å². The summed E-state index contributed by atoms with van der Waals surface area (Å²) in [5.41, 5.74) is 5.57. The molecule has 0 spiro atoms. The van der Waals surface area contributed by atoms with Gasteiger partial charge in [-0.3, -0.25) is 9.36 Å². The zero-order valence-corrected chi connectivity index (χ0v) is 15.0. The van der Waals surface area contributed by atoms with Gasteiger partial charge in [0.2, 0.25) is 0 Å². The summed E-state index contributed by atoms with van der Waals surface area (Å²) in [6, 6.07) is 8.59. The summed E-state index contributed by atoms with van der Waals surface area (Å²) in [7, 11) is 1.99. The molecule has 26 heavy (non-hydrogen) atoms. The maximum absolute atomic E-state index is 4.74. The quantitative estimate of drug-likeness (QED) is 0.616. The van der Waals surface area contributed by atoms with Crippen LogP contribution < -0.4 is 5.32 Å². The fourth-order valence-electron chi connectivity index (χ4n) is 3.70. The van der Waals surface area contributed by atoms with Gasteiger partial charge in [-0.15, -0.1) is 0 Å². The van der Waals surface area contributed by atoms with Crippen molar-refractivity contribution in [3.8, 4) is 11.5 Å². The van der Waals surface area contributed by atoms with Crippen molar-refractivity contribution >= 4 is 10.9 Å². The average Bonchev–Trinajstić information content (AvgIpc) is 3.33. The molecule has 7 nitrogen and oxygen atoms in total. The van der Waals surface area contributed by atoms with E-state index < -0.39 is 0 Å². The molecule has 1 aliphatic heterocycles. The summed E-state index contributed by atoms with van der Waals surface area (Å²) >= 11 is 0. The standard InChI is InChI=1S/C19H21N7/c1-13-3-4-18-15(9-13)17(22-24(18)2)12-25-7-6-21-19(25)16-10-14-11-20-5-8-26(14)23-16/h3-4,6-7,9-10,20H,5,8,11-12H2,1-2H3. The Morgan fingerprint density at radius 2 is 2.12 bits per heavy atom. The third-order valence-electron chi connectivity index (χ3n) is 5.02. The Labute approximate surface area is 151 Å². The molecule has 1 N–H and O–H groups in total. The van der Waals surface area contributed by atoms with E-state index in [1.165, 1.54) is 16.6 Å². The van der Waals surface area contributed by atoms with E-state index in [-0.39, 0.29) is 0 Å². The number of aromatic nitrogens is 6. The third-order valence-corrected chi connectivity index (χ3v) is 5.02. The predicted molar refractivity (Wildman–Crippen MR) is 99.7 cm³/mol. The highest BCUT2D eigenvalue weighted by atomic mass is 15.3. The van der Waals surface area contributed by atoms with Gasteiger partial charge in [0.05, 0.1) is 30.0 Å². The van der Waals surface area contributed by atoms with Crippen molar-refractivity contribution in [2.45, 2.75) is 26.6 Å². The van der Waals surface area contributed by atoms with Gasteiger partial charge in [-0.2, -0.15) is 10.2 Å². The van der Waals surface area contributed by atoms with Crippen molar-refractivity contribution in [2.75, 3.05) is 6.54 Å². The molecular weight excluding hydrogens is 326 g/mol. The van der Waals surface area contributed by atoms with Crippen LogP contribution in [-0.4, -0.2) is 35.7 Å². The van der Waals surface area contributed by atoms with Crippen molar-refractivity contribution in [1.29, 1.82) is 0 Å². The average molecular weight is 347 g/mol. The fraction of sp³-hybridized carbons (Fsp3) is 0.316. The van der Waals surface area contributed by atoms with E-state index in [1.54, 1.807) is 0 Å². The number of nitrogens with zero attached hydrogens (tertiary/aromatic N) is 6. The molecule has 3 aromatic heterocycles. The van der Waals surface area contributed by atoms with Crippen LogP contribution in [0, 0.1) is 6.92 Å². The molecule has 0 saturated heterocycles. The molecule has 0 amide bonds. The largest absolute Gasteiger partial charge is 0.324 e. The van der Waals surface area contributed by atoms with E-state index in [4.69, 9.17) is 10.2 Å². The Bertz CT molecular complexity index is 1080. The summed E-state index contributed by atoms with van der Waals surface area (Å²) < 4.78 is 6.15. The van der Waals surface area contributed by atoms with E-state index in [0.29, 0.717) is 6.54 Å². The number of aryl methyl sites for hydroxylation is 2. The zero-order chi connectivity index (χ0) is 17.7. The highest BCUT2D eigenvalue weighted by molar-refractivity contribution is 5.82. The molecule has 0 fully saturated rings. The molecule has 5 rings (SSSR count). The Balaban J connectivity index is 1.54. The van der Waals surface area contributed by atoms with Gasteiger partial charge in [0.15, 0.2) is 5.82 Å². The second-order valence-corrected chi connectivity index (χ2v) is 6.89. The molecule has 0 unspecified atom stereocenters. The first-order valence-electron chi connectivity index (χ1n) is 8.90. The van der Waals surface area contributed by atoms with Crippen molar-refractivity contribution in [2.24, 2.45) is 7.05 Å². The van der Waals surface area contributed by atoms with Crippen LogP contribution in [0.1, 0.15) is 17.0 Å². The molecule has 4 heterocycles. The van der Waals surface area contributed by atoms with Crippen LogP contribution in [0.2, 0.25) is 0 Å². The highest BCUT2D eigenvalue weighted by Gasteiger charge is 2.17. The zero-order valence-electron chi connectivity index (χ0n) is 15.0. The van der Waals surface area contributed by atoms with Crippen molar-refractivity contribution in [3.63, 3.8) is 0 Å². The molecule has 7 heteroatoms. The van der Waals surface area contributed by atoms with E-state index in [2.05, 4.69) is 50.7 Å². The molecule has 0 saturated carbocycles. The van der Waals surface area contributed by atoms with Gasteiger partial charge in [-0.1, -0.05) is 11.6 Å². The number of hydrogen-bond acceptors (Lipinski definition) is 4. The number of benzene rings is 1. The van der Waals surface area contributed by atoms with E-state index in [1.807, 2.05) is 24.1 Å². The lowest BCUT2D eigenvalue weighted by Gasteiger charge is -2.13. The first-order valence-corrected chi connectivity index (χ1v) is 8.90. The molecule has 4 aromatic rings. The number of nitrogens with one attached hydrogen (secondary N) is 1. The van der Waals surface area contributed by atoms with Crippen molar-refractivity contribution in [3.05, 3.63) is 53.6 Å². The lowest BCUT2D eigenvalue weighted by atomic mass is 10.1.